The molecular weight excluding hydrogens is 196 g/mol. The molecule has 2 nitrogen and oxygen atoms in total. The molecule has 2 atom stereocenters. The fourth-order valence-electron chi connectivity index (χ4n) is 1.88. The zero-order valence-electron chi connectivity index (χ0n) is 11.1. The summed E-state index contributed by atoms with van der Waals surface area (Å²) in [5.74, 6) is 1.29. The predicted molar refractivity (Wildman–Crippen MR) is 69.4 cm³/mol. The second-order valence-corrected chi connectivity index (χ2v) is 4.87. The van der Waals surface area contributed by atoms with E-state index in [9.17, 15) is 0 Å². The molecule has 0 bridgehead atoms. The van der Waals surface area contributed by atoms with E-state index in [1.54, 1.807) is 0 Å². The van der Waals surface area contributed by atoms with Gasteiger partial charge in [0, 0.05) is 17.9 Å². The lowest BCUT2D eigenvalue weighted by atomic mass is 9.86. The van der Waals surface area contributed by atoms with E-state index in [-0.39, 0.29) is 0 Å². The Hall–Kier alpha value is -0.890. The van der Waals surface area contributed by atoms with Gasteiger partial charge in [0.15, 0.2) is 0 Å². The molecule has 1 N–H and O–H groups in total. The molecule has 0 aromatic carbocycles. The van der Waals surface area contributed by atoms with Crippen molar-refractivity contribution in [3.05, 3.63) is 29.6 Å². The molecule has 2 unspecified atom stereocenters. The molecule has 0 saturated carbocycles. The van der Waals surface area contributed by atoms with Gasteiger partial charge in [-0.05, 0) is 36.9 Å². The van der Waals surface area contributed by atoms with Crippen molar-refractivity contribution in [1.29, 1.82) is 0 Å². The largest absolute Gasteiger partial charge is 0.310 e. The van der Waals surface area contributed by atoms with E-state index >= 15 is 0 Å². The average Bonchev–Trinajstić information content (AvgIpc) is 2.26. The first-order valence-electron chi connectivity index (χ1n) is 6.22. The van der Waals surface area contributed by atoms with Gasteiger partial charge in [0.25, 0.3) is 0 Å². The van der Waals surface area contributed by atoms with Crippen LogP contribution in [0.3, 0.4) is 0 Å². The van der Waals surface area contributed by atoms with E-state index < -0.39 is 0 Å². The molecular formula is C14H24N2. The fourth-order valence-corrected chi connectivity index (χ4v) is 1.88. The normalized spacial score (nSPS) is 15.1. The van der Waals surface area contributed by atoms with Gasteiger partial charge in [-0.2, -0.15) is 0 Å². The standard InChI is InChI=1S/C14H24N2/c1-6-15-14(12(5)10(2)3)13-8-7-11(4)16-9-13/h7-10,12,14-15H,6H2,1-5H3. The number of pyridine rings is 1. The predicted octanol–water partition coefficient (Wildman–Crippen LogP) is 3.33. The van der Waals surface area contributed by atoms with E-state index in [1.807, 2.05) is 13.1 Å². The van der Waals surface area contributed by atoms with Gasteiger partial charge in [-0.3, -0.25) is 4.98 Å². The molecule has 1 aromatic rings. The van der Waals surface area contributed by atoms with Crippen molar-refractivity contribution in [2.24, 2.45) is 11.8 Å². The quantitative estimate of drug-likeness (QED) is 0.823. The number of nitrogens with zero attached hydrogens (tertiary/aromatic N) is 1. The minimum Gasteiger partial charge on any atom is -0.310 e. The van der Waals surface area contributed by atoms with Crippen LogP contribution in [0.2, 0.25) is 0 Å². The highest BCUT2D eigenvalue weighted by atomic mass is 14.9. The van der Waals surface area contributed by atoms with E-state index in [4.69, 9.17) is 0 Å². The molecule has 0 radical (unpaired) electrons. The Labute approximate surface area is 99.5 Å². The molecule has 1 heterocycles. The Kier molecular flexibility index (Phi) is 4.94. The van der Waals surface area contributed by atoms with Crippen LogP contribution in [0.15, 0.2) is 18.3 Å². The van der Waals surface area contributed by atoms with Crippen molar-refractivity contribution in [3.8, 4) is 0 Å². The first-order chi connectivity index (χ1) is 7.56. The minimum absolute atomic E-state index is 0.415. The second kappa shape index (κ2) is 6.00. The monoisotopic (exact) mass is 220 g/mol. The zero-order valence-corrected chi connectivity index (χ0v) is 11.1. The number of aryl methyl sites for hydroxylation is 1. The minimum atomic E-state index is 0.415. The first kappa shape index (κ1) is 13.2. The van der Waals surface area contributed by atoms with E-state index in [1.165, 1.54) is 5.56 Å². The average molecular weight is 220 g/mol. The molecule has 0 amide bonds. The fraction of sp³-hybridized carbons (Fsp3) is 0.643. The van der Waals surface area contributed by atoms with Crippen LogP contribution in [-0.2, 0) is 0 Å². The van der Waals surface area contributed by atoms with Crippen molar-refractivity contribution in [2.45, 2.75) is 40.7 Å². The molecule has 0 saturated heterocycles. The Morgan fingerprint density at radius 1 is 1.25 bits per heavy atom. The van der Waals surface area contributed by atoms with Gasteiger partial charge >= 0.3 is 0 Å². The third-order valence-corrected chi connectivity index (χ3v) is 3.29. The summed E-state index contributed by atoms with van der Waals surface area (Å²) in [5.41, 5.74) is 2.38. The van der Waals surface area contributed by atoms with Crippen molar-refractivity contribution >= 4 is 0 Å². The third kappa shape index (κ3) is 3.31. The van der Waals surface area contributed by atoms with Gasteiger partial charge in [0.05, 0.1) is 0 Å². The van der Waals surface area contributed by atoms with Gasteiger partial charge in [0.1, 0.15) is 0 Å². The van der Waals surface area contributed by atoms with Crippen LogP contribution in [0.1, 0.15) is 45.0 Å². The van der Waals surface area contributed by atoms with Crippen LogP contribution in [0, 0.1) is 18.8 Å². The van der Waals surface area contributed by atoms with Crippen LogP contribution >= 0.6 is 0 Å². The number of aromatic nitrogens is 1. The van der Waals surface area contributed by atoms with Crippen LogP contribution < -0.4 is 5.32 Å². The number of hydrogen-bond acceptors (Lipinski definition) is 2. The van der Waals surface area contributed by atoms with E-state index in [0.717, 1.165) is 12.2 Å². The maximum atomic E-state index is 4.38. The lowest BCUT2D eigenvalue weighted by molar-refractivity contribution is 0.307. The maximum absolute atomic E-state index is 4.38. The van der Waals surface area contributed by atoms with Crippen molar-refractivity contribution in [1.82, 2.24) is 10.3 Å². The molecule has 1 aromatic heterocycles. The number of nitrogens with one attached hydrogen (secondary N) is 1. The van der Waals surface area contributed by atoms with Gasteiger partial charge in [-0.15, -0.1) is 0 Å². The van der Waals surface area contributed by atoms with Crippen LogP contribution in [0.4, 0.5) is 0 Å². The van der Waals surface area contributed by atoms with Crippen molar-refractivity contribution in [3.63, 3.8) is 0 Å². The Balaban J connectivity index is 2.88. The summed E-state index contributed by atoms with van der Waals surface area (Å²) >= 11 is 0. The first-order valence-corrected chi connectivity index (χ1v) is 6.22. The van der Waals surface area contributed by atoms with Crippen LogP contribution in [0.5, 0.6) is 0 Å². The number of hydrogen-bond donors (Lipinski definition) is 1. The molecule has 2 heteroatoms. The Morgan fingerprint density at radius 2 is 1.94 bits per heavy atom. The second-order valence-electron chi connectivity index (χ2n) is 4.87. The highest BCUT2D eigenvalue weighted by Gasteiger charge is 2.21. The summed E-state index contributed by atoms with van der Waals surface area (Å²) in [6.45, 7) is 12.0. The zero-order chi connectivity index (χ0) is 12.1. The third-order valence-electron chi connectivity index (χ3n) is 3.29. The SMILES string of the molecule is CCNC(c1ccc(C)nc1)C(C)C(C)C. The summed E-state index contributed by atoms with van der Waals surface area (Å²) in [6.07, 6.45) is 2.00. The molecule has 0 spiro atoms. The molecule has 0 fully saturated rings. The van der Waals surface area contributed by atoms with Crippen LogP contribution in [0.25, 0.3) is 0 Å². The van der Waals surface area contributed by atoms with E-state index in [0.29, 0.717) is 17.9 Å². The van der Waals surface area contributed by atoms with Gasteiger partial charge < -0.3 is 5.32 Å². The smallest absolute Gasteiger partial charge is 0.0372 e. The molecule has 0 aliphatic heterocycles. The summed E-state index contributed by atoms with van der Waals surface area (Å²) < 4.78 is 0. The molecule has 0 aliphatic rings. The maximum Gasteiger partial charge on any atom is 0.0372 e. The van der Waals surface area contributed by atoms with Crippen molar-refractivity contribution in [2.75, 3.05) is 6.54 Å². The topological polar surface area (TPSA) is 24.9 Å². The summed E-state index contributed by atoms with van der Waals surface area (Å²) in [4.78, 5) is 4.38. The highest BCUT2D eigenvalue weighted by Crippen LogP contribution is 2.27. The lowest BCUT2D eigenvalue weighted by Crippen LogP contribution is -2.29. The molecule has 0 aliphatic carbocycles. The van der Waals surface area contributed by atoms with Crippen molar-refractivity contribution < 1.29 is 0 Å². The summed E-state index contributed by atoms with van der Waals surface area (Å²) in [6, 6.07) is 4.69. The Bertz CT molecular complexity index is 303. The molecule has 90 valence electrons. The Morgan fingerprint density at radius 3 is 2.38 bits per heavy atom. The van der Waals surface area contributed by atoms with Gasteiger partial charge in [-0.1, -0.05) is 33.8 Å². The summed E-state index contributed by atoms with van der Waals surface area (Å²) in [5, 5.41) is 3.56. The number of rotatable bonds is 5. The van der Waals surface area contributed by atoms with Gasteiger partial charge in [0.2, 0.25) is 0 Å². The lowest BCUT2D eigenvalue weighted by Gasteiger charge is -2.28. The van der Waals surface area contributed by atoms with Crippen LogP contribution in [-0.4, -0.2) is 11.5 Å². The van der Waals surface area contributed by atoms with Gasteiger partial charge in [-0.25, -0.2) is 0 Å². The molecule has 1 rings (SSSR count). The highest BCUT2D eigenvalue weighted by molar-refractivity contribution is 5.18. The molecule has 16 heavy (non-hydrogen) atoms. The van der Waals surface area contributed by atoms with E-state index in [2.05, 4.69) is 50.1 Å². The summed E-state index contributed by atoms with van der Waals surface area (Å²) in [7, 11) is 0.